The van der Waals surface area contributed by atoms with Gasteiger partial charge >= 0.3 is 0 Å². The summed E-state index contributed by atoms with van der Waals surface area (Å²) in [4.78, 5) is 0. The maximum atomic E-state index is 12.0. The minimum Gasteiger partial charge on any atom is -0.316 e. The molecule has 0 saturated heterocycles. The van der Waals surface area contributed by atoms with Crippen LogP contribution in [0.2, 0.25) is 0 Å². The number of hydrogen-bond acceptors (Lipinski definition) is 3. The van der Waals surface area contributed by atoms with Crippen molar-refractivity contribution in [2.24, 2.45) is 5.41 Å². The summed E-state index contributed by atoms with van der Waals surface area (Å²) >= 11 is 0. The molecule has 1 fully saturated rings. The fourth-order valence-corrected chi connectivity index (χ4v) is 3.20. The second-order valence-corrected chi connectivity index (χ2v) is 7.42. The Balaban J connectivity index is 2.39. The zero-order valence-electron chi connectivity index (χ0n) is 11.3. The molecule has 1 aliphatic carbocycles. The van der Waals surface area contributed by atoms with Gasteiger partial charge in [-0.3, -0.25) is 0 Å². The van der Waals surface area contributed by atoms with Crippen LogP contribution < -0.4 is 10.0 Å². The molecule has 102 valence electrons. The largest absolute Gasteiger partial charge is 0.316 e. The molecule has 0 aromatic rings. The molecule has 17 heavy (non-hydrogen) atoms. The van der Waals surface area contributed by atoms with Crippen molar-refractivity contribution in [1.29, 1.82) is 0 Å². The first-order valence-corrected chi connectivity index (χ1v) is 8.19. The second-order valence-electron chi connectivity index (χ2n) is 5.23. The van der Waals surface area contributed by atoms with E-state index < -0.39 is 10.0 Å². The van der Waals surface area contributed by atoms with Gasteiger partial charge in [-0.05, 0) is 38.1 Å². The summed E-state index contributed by atoms with van der Waals surface area (Å²) in [6.45, 7) is 7.84. The van der Waals surface area contributed by atoms with E-state index in [1.807, 2.05) is 6.92 Å². The first-order valence-electron chi connectivity index (χ1n) is 6.65. The number of sulfonamides is 1. The molecule has 2 N–H and O–H groups in total. The summed E-state index contributed by atoms with van der Waals surface area (Å²) in [6, 6.07) is 0. The van der Waals surface area contributed by atoms with Gasteiger partial charge in [-0.25, -0.2) is 13.1 Å². The Morgan fingerprint density at radius 1 is 1.29 bits per heavy atom. The monoisotopic (exact) mass is 262 g/mol. The van der Waals surface area contributed by atoms with Gasteiger partial charge in [-0.15, -0.1) is 0 Å². The molecule has 0 heterocycles. The fourth-order valence-electron chi connectivity index (χ4n) is 2.08. The van der Waals surface area contributed by atoms with Crippen LogP contribution in [0.4, 0.5) is 0 Å². The predicted octanol–water partition coefficient (Wildman–Crippen LogP) is 1.48. The molecule has 1 saturated carbocycles. The van der Waals surface area contributed by atoms with Gasteiger partial charge in [-0.1, -0.05) is 20.3 Å². The normalized spacial score (nSPS) is 20.2. The molecule has 1 unspecified atom stereocenters. The van der Waals surface area contributed by atoms with Crippen molar-refractivity contribution < 1.29 is 8.42 Å². The molecule has 0 bridgehead atoms. The van der Waals surface area contributed by atoms with Gasteiger partial charge in [0.1, 0.15) is 0 Å². The van der Waals surface area contributed by atoms with Crippen molar-refractivity contribution in [3.8, 4) is 0 Å². The van der Waals surface area contributed by atoms with Crippen LogP contribution in [0.1, 0.15) is 46.5 Å². The lowest BCUT2D eigenvalue weighted by atomic mass is 10.0. The Labute approximate surface area is 106 Å². The third-order valence-corrected chi connectivity index (χ3v) is 5.37. The second kappa shape index (κ2) is 6.16. The molecule has 0 spiro atoms. The molecular formula is C12H26N2O2S. The lowest BCUT2D eigenvalue weighted by Gasteiger charge is -2.18. The van der Waals surface area contributed by atoms with Crippen molar-refractivity contribution in [2.45, 2.75) is 51.7 Å². The standard InChI is InChI=1S/C12H26N2O2S/c1-4-6-12(7-8-12)10-14-17(15,16)11(3)9-13-5-2/h11,13-14H,4-10H2,1-3H3. The third kappa shape index (κ3) is 4.56. The van der Waals surface area contributed by atoms with Gasteiger partial charge in [0.2, 0.25) is 10.0 Å². The van der Waals surface area contributed by atoms with E-state index in [4.69, 9.17) is 0 Å². The molecule has 1 rings (SSSR count). The lowest BCUT2D eigenvalue weighted by molar-refractivity contribution is 0.447. The van der Waals surface area contributed by atoms with Gasteiger partial charge < -0.3 is 5.32 Å². The summed E-state index contributed by atoms with van der Waals surface area (Å²) in [5, 5.41) is 2.71. The average molecular weight is 262 g/mol. The predicted molar refractivity (Wildman–Crippen MR) is 71.5 cm³/mol. The van der Waals surface area contributed by atoms with E-state index in [0.717, 1.165) is 19.4 Å². The van der Waals surface area contributed by atoms with Gasteiger partial charge in [0.25, 0.3) is 0 Å². The van der Waals surface area contributed by atoms with Crippen LogP contribution in [0.25, 0.3) is 0 Å². The third-order valence-electron chi connectivity index (χ3n) is 3.60. The van der Waals surface area contributed by atoms with Crippen LogP contribution in [0, 0.1) is 5.41 Å². The molecular weight excluding hydrogens is 236 g/mol. The molecule has 0 aromatic heterocycles. The smallest absolute Gasteiger partial charge is 0.215 e. The maximum absolute atomic E-state index is 12.0. The Bertz CT molecular complexity index is 323. The van der Waals surface area contributed by atoms with Gasteiger partial charge in [0.05, 0.1) is 5.25 Å². The van der Waals surface area contributed by atoms with E-state index in [2.05, 4.69) is 17.0 Å². The van der Waals surface area contributed by atoms with Crippen molar-refractivity contribution >= 4 is 10.0 Å². The number of hydrogen-bond donors (Lipinski definition) is 2. The van der Waals surface area contributed by atoms with Crippen LogP contribution in [0.3, 0.4) is 0 Å². The van der Waals surface area contributed by atoms with E-state index >= 15 is 0 Å². The molecule has 5 heteroatoms. The van der Waals surface area contributed by atoms with Crippen LogP contribution in [0.15, 0.2) is 0 Å². The highest BCUT2D eigenvalue weighted by molar-refractivity contribution is 7.90. The molecule has 0 aromatic carbocycles. The Kier molecular flexibility index (Phi) is 5.41. The van der Waals surface area contributed by atoms with Crippen molar-refractivity contribution in [3.05, 3.63) is 0 Å². The van der Waals surface area contributed by atoms with E-state index in [0.29, 0.717) is 13.1 Å². The summed E-state index contributed by atoms with van der Waals surface area (Å²) in [7, 11) is -3.16. The zero-order valence-corrected chi connectivity index (χ0v) is 12.1. The van der Waals surface area contributed by atoms with Crippen molar-refractivity contribution in [1.82, 2.24) is 10.0 Å². The van der Waals surface area contributed by atoms with E-state index in [-0.39, 0.29) is 10.7 Å². The van der Waals surface area contributed by atoms with Crippen LogP contribution in [-0.4, -0.2) is 33.3 Å². The number of rotatable bonds is 9. The molecule has 0 radical (unpaired) electrons. The van der Waals surface area contributed by atoms with Gasteiger partial charge in [-0.2, -0.15) is 0 Å². The van der Waals surface area contributed by atoms with Crippen LogP contribution in [0.5, 0.6) is 0 Å². The zero-order chi connectivity index (χ0) is 12.9. The lowest BCUT2D eigenvalue weighted by Crippen LogP contribution is -2.41. The molecule has 0 aliphatic heterocycles. The average Bonchev–Trinajstić information content (AvgIpc) is 3.04. The minimum absolute atomic E-state index is 0.278. The highest BCUT2D eigenvalue weighted by Gasteiger charge is 2.42. The minimum atomic E-state index is -3.16. The SMILES string of the molecule is CCCC1(CNS(=O)(=O)C(C)CNCC)CC1. The number of nitrogens with one attached hydrogen (secondary N) is 2. The Hall–Kier alpha value is -0.130. The topological polar surface area (TPSA) is 58.2 Å². The molecule has 1 atom stereocenters. The maximum Gasteiger partial charge on any atom is 0.215 e. The van der Waals surface area contributed by atoms with Crippen molar-refractivity contribution in [2.75, 3.05) is 19.6 Å². The highest BCUT2D eigenvalue weighted by atomic mass is 32.2. The highest BCUT2D eigenvalue weighted by Crippen LogP contribution is 2.49. The quantitative estimate of drug-likeness (QED) is 0.662. The first kappa shape index (κ1) is 14.9. The summed E-state index contributed by atoms with van der Waals surface area (Å²) in [6.07, 6.45) is 4.61. The van der Waals surface area contributed by atoms with Gasteiger partial charge in [0.15, 0.2) is 0 Å². The van der Waals surface area contributed by atoms with Crippen molar-refractivity contribution in [3.63, 3.8) is 0 Å². The van der Waals surface area contributed by atoms with E-state index in [9.17, 15) is 8.42 Å². The van der Waals surface area contributed by atoms with E-state index in [1.54, 1.807) is 6.92 Å². The first-order chi connectivity index (χ1) is 7.96. The molecule has 1 aliphatic rings. The summed E-state index contributed by atoms with van der Waals surface area (Å²) in [5.41, 5.74) is 0.278. The molecule has 4 nitrogen and oxygen atoms in total. The van der Waals surface area contributed by atoms with E-state index in [1.165, 1.54) is 12.8 Å². The Morgan fingerprint density at radius 2 is 1.94 bits per heavy atom. The molecule has 0 amide bonds. The Morgan fingerprint density at radius 3 is 2.41 bits per heavy atom. The van der Waals surface area contributed by atoms with Gasteiger partial charge in [0, 0.05) is 13.1 Å². The summed E-state index contributed by atoms with van der Waals surface area (Å²) < 4.78 is 26.7. The fraction of sp³-hybridized carbons (Fsp3) is 1.00. The summed E-state index contributed by atoms with van der Waals surface area (Å²) in [5.74, 6) is 0. The van der Waals surface area contributed by atoms with Crippen LogP contribution >= 0.6 is 0 Å². The van der Waals surface area contributed by atoms with Crippen LogP contribution in [-0.2, 0) is 10.0 Å².